The smallest absolute Gasteiger partial charge is 0.413 e. The van der Waals surface area contributed by atoms with E-state index in [-0.39, 0.29) is 26.2 Å². The van der Waals surface area contributed by atoms with Crippen LogP contribution >= 0.6 is 0 Å². The Morgan fingerprint density at radius 1 is 1.23 bits per heavy atom. The lowest BCUT2D eigenvalue weighted by Gasteiger charge is -2.34. The predicted octanol–water partition coefficient (Wildman–Crippen LogP) is -0.875. The van der Waals surface area contributed by atoms with Gasteiger partial charge in [-0.05, 0) is 19.1 Å². The molecule has 1 aliphatic heterocycles. The number of hydrogen-bond acceptors (Lipinski definition) is 5. The maximum atomic E-state index is 13.8. The molecular weight excluding hydrogens is 372 g/mol. The van der Waals surface area contributed by atoms with Gasteiger partial charge in [0.15, 0.2) is 10.9 Å². The topological polar surface area (TPSA) is 97.2 Å². The van der Waals surface area contributed by atoms with E-state index >= 15 is 0 Å². The Balaban J connectivity index is 2.06. The van der Waals surface area contributed by atoms with Crippen molar-refractivity contribution >= 4 is 22.0 Å². The summed E-state index contributed by atoms with van der Waals surface area (Å²) in [6.07, 6.45) is -0.877. The number of amides is 2. The molecule has 1 fully saturated rings. The minimum Gasteiger partial charge on any atom is -0.453 e. The van der Waals surface area contributed by atoms with Crippen LogP contribution < -0.4 is 10.2 Å². The summed E-state index contributed by atoms with van der Waals surface area (Å²) in [5, 5.41) is 2.06. The van der Waals surface area contributed by atoms with Crippen molar-refractivity contribution in [3.63, 3.8) is 0 Å². The molecule has 0 saturated carbocycles. The van der Waals surface area contributed by atoms with Crippen molar-refractivity contribution in [2.75, 3.05) is 33.3 Å². The highest BCUT2D eigenvalue weighted by Gasteiger charge is 2.37. The number of alkyl carbamates (subject to hydrolysis) is 1. The fraction of sp³-hybridized carbons (Fsp3) is 0.467. The molecule has 11 heteroatoms. The van der Waals surface area contributed by atoms with Crippen molar-refractivity contribution in [3.05, 3.63) is 29.8 Å². The molecule has 2 rings (SSSR count). The van der Waals surface area contributed by atoms with Gasteiger partial charge in [-0.25, -0.2) is 22.0 Å². The van der Waals surface area contributed by atoms with Crippen LogP contribution in [0.2, 0.25) is 0 Å². The molecule has 0 aromatic heterocycles. The lowest BCUT2D eigenvalue weighted by Crippen LogP contribution is -3.19. The van der Waals surface area contributed by atoms with Crippen molar-refractivity contribution < 1.29 is 36.4 Å². The second-order valence-corrected chi connectivity index (χ2v) is 7.69. The molecule has 0 spiro atoms. The van der Waals surface area contributed by atoms with E-state index in [1.165, 1.54) is 0 Å². The maximum Gasteiger partial charge on any atom is 0.413 e. The van der Waals surface area contributed by atoms with E-state index in [1.54, 1.807) is 6.92 Å². The Morgan fingerprint density at radius 2 is 1.77 bits per heavy atom. The van der Waals surface area contributed by atoms with Gasteiger partial charge in [0.25, 0.3) is 5.91 Å². The zero-order chi connectivity index (χ0) is 19.5. The highest BCUT2D eigenvalue weighted by molar-refractivity contribution is 7.89. The lowest BCUT2D eigenvalue weighted by atomic mass is 10.2. The van der Waals surface area contributed by atoms with E-state index in [0.717, 1.165) is 34.5 Å². The van der Waals surface area contributed by atoms with E-state index in [0.29, 0.717) is 0 Å². The zero-order valence-corrected chi connectivity index (χ0v) is 15.1. The first kappa shape index (κ1) is 20.2. The predicted molar refractivity (Wildman–Crippen MR) is 85.8 cm³/mol. The average Bonchev–Trinajstić information content (AvgIpc) is 2.60. The lowest BCUT2D eigenvalue weighted by molar-refractivity contribution is -0.917. The summed E-state index contributed by atoms with van der Waals surface area (Å²) in [7, 11) is -3.19. The van der Waals surface area contributed by atoms with Gasteiger partial charge in [0.1, 0.15) is 11.6 Å². The van der Waals surface area contributed by atoms with Gasteiger partial charge in [0, 0.05) is 0 Å². The minimum atomic E-state index is -4.32. The summed E-state index contributed by atoms with van der Waals surface area (Å²) < 4.78 is 58.0. The molecule has 0 unspecified atom stereocenters. The molecular formula is C15H20F2N3O5S+. The number of ether oxygens (including phenoxy) is 1. The number of rotatable bonds is 4. The third kappa shape index (κ3) is 4.17. The average molecular weight is 392 g/mol. The molecule has 1 aromatic rings. The van der Waals surface area contributed by atoms with E-state index in [4.69, 9.17) is 0 Å². The number of carbonyl (C=O) groups is 2. The fourth-order valence-corrected chi connectivity index (χ4v) is 4.30. The molecule has 2 amide bonds. The monoisotopic (exact) mass is 392 g/mol. The number of sulfonamides is 1. The van der Waals surface area contributed by atoms with Gasteiger partial charge < -0.3 is 9.64 Å². The number of piperazine rings is 1. The molecule has 1 saturated heterocycles. The Hall–Kier alpha value is -2.11. The Kier molecular flexibility index (Phi) is 6.26. The van der Waals surface area contributed by atoms with Crippen molar-refractivity contribution in [2.24, 2.45) is 0 Å². The third-order valence-electron chi connectivity index (χ3n) is 4.30. The highest BCUT2D eigenvalue weighted by atomic mass is 32.2. The SMILES string of the molecule is COC(=O)NC(=O)[C@H](C)[NH+]1CCN(S(=O)(=O)c2c(F)cccc2F)CC1. The van der Waals surface area contributed by atoms with Crippen molar-refractivity contribution in [1.29, 1.82) is 0 Å². The first-order chi connectivity index (χ1) is 12.2. The minimum absolute atomic E-state index is 0.0126. The second kappa shape index (κ2) is 8.06. The van der Waals surface area contributed by atoms with Crippen LogP contribution in [0.5, 0.6) is 0 Å². The van der Waals surface area contributed by atoms with Gasteiger partial charge in [-0.1, -0.05) is 6.07 Å². The number of imide groups is 1. The van der Waals surface area contributed by atoms with Crippen LogP contribution in [0.15, 0.2) is 23.1 Å². The molecule has 1 atom stereocenters. The quantitative estimate of drug-likeness (QED) is 0.694. The van der Waals surface area contributed by atoms with Gasteiger partial charge >= 0.3 is 6.09 Å². The Labute approximate surface area is 149 Å². The van der Waals surface area contributed by atoms with Crippen molar-refractivity contribution in [2.45, 2.75) is 17.9 Å². The van der Waals surface area contributed by atoms with Gasteiger partial charge in [-0.2, -0.15) is 4.31 Å². The van der Waals surface area contributed by atoms with Crippen LogP contribution in [0.1, 0.15) is 6.92 Å². The van der Waals surface area contributed by atoms with Gasteiger partial charge in [0.05, 0.1) is 33.3 Å². The number of methoxy groups -OCH3 is 1. The zero-order valence-electron chi connectivity index (χ0n) is 14.3. The summed E-state index contributed by atoms with van der Waals surface area (Å²) in [5.74, 6) is -2.85. The van der Waals surface area contributed by atoms with Gasteiger partial charge in [0.2, 0.25) is 10.0 Å². The molecule has 2 N–H and O–H groups in total. The summed E-state index contributed by atoms with van der Waals surface area (Å²) in [6.45, 7) is 2.05. The molecule has 144 valence electrons. The van der Waals surface area contributed by atoms with Crippen LogP contribution in [0.25, 0.3) is 0 Å². The van der Waals surface area contributed by atoms with E-state index in [1.807, 2.05) is 0 Å². The molecule has 0 bridgehead atoms. The number of benzene rings is 1. The number of carbonyl (C=O) groups excluding carboxylic acids is 2. The van der Waals surface area contributed by atoms with Crippen LogP contribution in [0.3, 0.4) is 0 Å². The summed E-state index contributed by atoms with van der Waals surface area (Å²) in [6, 6.07) is 2.24. The summed E-state index contributed by atoms with van der Waals surface area (Å²) in [5.41, 5.74) is 0. The number of nitrogens with zero attached hydrogens (tertiary/aromatic N) is 1. The maximum absolute atomic E-state index is 13.8. The van der Waals surface area contributed by atoms with Gasteiger partial charge in [-0.15, -0.1) is 0 Å². The standard InChI is InChI=1S/C15H19F2N3O5S/c1-10(14(21)18-15(22)25-2)19-6-8-20(9-7-19)26(23,24)13-11(16)4-3-5-12(13)17/h3-5,10H,6-9H2,1-2H3,(H,18,21,22)/p+1/t10-/m0/s1. The normalized spacial score (nSPS) is 17.5. The molecule has 8 nitrogen and oxygen atoms in total. The van der Waals surface area contributed by atoms with E-state index in [2.05, 4.69) is 10.1 Å². The van der Waals surface area contributed by atoms with E-state index < -0.39 is 44.6 Å². The number of hydrogen-bond donors (Lipinski definition) is 2. The Bertz CT molecular complexity index is 774. The van der Waals surface area contributed by atoms with Crippen LogP contribution in [0.4, 0.5) is 13.6 Å². The number of nitrogens with one attached hydrogen (secondary N) is 2. The number of quaternary nitrogens is 1. The molecule has 1 aromatic carbocycles. The first-order valence-corrected chi connectivity index (χ1v) is 9.30. The first-order valence-electron chi connectivity index (χ1n) is 7.86. The molecule has 1 heterocycles. The number of halogens is 2. The summed E-state index contributed by atoms with van der Waals surface area (Å²) in [4.78, 5) is 22.8. The van der Waals surface area contributed by atoms with Gasteiger partial charge in [-0.3, -0.25) is 10.1 Å². The molecule has 0 aliphatic carbocycles. The largest absolute Gasteiger partial charge is 0.453 e. The summed E-state index contributed by atoms with van der Waals surface area (Å²) >= 11 is 0. The molecule has 26 heavy (non-hydrogen) atoms. The van der Waals surface area contributed by atoms with E-state index in [9.17, 15) is 26.8 Å². The third-order valence-corrected chi connectivity index (χ3v) is 6.25. The van der Waals surface area contributed by atoms with Crippen LogP contribution in [-0.4, -0.2) is 64.1 Å². The molecule has 0 radical (unpaired) electrons. The Morgan fingerprint density at radius 3 is 2.27 bits per heavy atom. The van der Waals surface area contributed by atoms with Crippen LogP contribution in [0, 0.1) is 11.6 Å². The van der Waals surface area contributed by atoms with Crippen LogP contribution in [-0.2, 0) is 19.6 Å². The van der Waals surface area contributed by atoms with Crippen molar-refractivity contribution in [1.82, 2.24) is 9.62 Å². The highest BCUT2D eigenvalue weighted by Crippen LogP contribution is 2.22. The van der Waals surface area contributed by atoms with Crippen molar-refractivity contribution in [3.8, 4) is 0 Å². The second-order valence-electron chi connectivity index (χ2n) is 5.82. The molecule has 1 aliphatic rings. The fourth-order valence-electron chi connectivity index (χ4n) is 2.75.